The van der Waals surface area contributed by atoms with E-state index in [2.05, 4.69) is 11.1 Å². The molecule has 146 valence electrons. The molecule has 1 aliphatic rings. The Kier molecular flexibility index (Phi) is 5.29. The Morgan fingerprint density at radius 3 is 2.55 bits per heavy atom. The minimum Gasteiger partial charge on any atom is -0.507 e. The standard InChI is InChI=1S/C24H22N2O3/c1-17-7-5-11-20(23(17)27)14-25-13-19-9-3-4-10-21(19)15-26-16-22-12-6-8-18(2)24(22)28-29-26/h3-12,14,16H,13,15H2,1-2H3/p+1. The molecule has 1 heterocycles. The molecule has 0 aliphatic carbocycles. The van der Waals surface area contributed by atoms with Crippen LogP contribution < -0.4 is 4.89 Å². The largest absolute Gasteiger partial charge is 0.507 e. The van der Waals surface area contributed by atoms with Gasteiger partial charge in [-0.05, 0) is 47.7 Å². The number of para-hydroxylation sites is 2. The second-order valence-corrected chi connectivity index (χ2v) is 7.11. The molecule has 1 aliphatic heterocycles. The van der Waals surface area contributed by atoms with E-state index >= 15 is 0 Å². The van der Waals surface area contributed by atoms with Gasteiger partial charge in [0.05, 0.1) is 12.1 Å². The number of aryl methyl sites for hydroxylation is 2. The lowest BCUT2D eigenvalue weighted by Crippen LogP contribution is -2.22. The van der Waals surface area contributed by atoms with E-state index in [1.54, 1.807) is 11.0 Å². The molecule has 3 aromatic carbocycles. The van der Waals surface area contributed by atoms with Crippen molar-refractivity contribution in [2.45, 2.75) is 26.9 Å². The van der Waals surface area contributed by atoms with Crippen LogP contribution in [0.1, 0.15) is 33.4 Å². The Balaban J connectivity index is 1.52. The molecule has 29 heavy (non-hydrogen) atoms. The van der Waals surface area contributed by atoms with Crippen LogP contribution in [0.25, 0.3) is 0 Å². The molecule has 0 aromatic heterocycles. The molecule has 0 bridgehead atoms. The highest BCUT2D eigenvalue weighted by atomic mass is 17.3. The highest BCUT2D eigenvalue weighted by molar-refractivity contribution is 5.84. The topological polar surface area (TPSA) is 54.1 Å². The molecular weight excluding hydrogens is 364 g/mol. The molecule has 0 saturated carbocycles. The van der Waals surface area contributed by atoms with Crippen molar-refractivity contribution in [1.29, 1.82) is 0 Å². The number of rotatable bonds is 5. The molecule has 0 spiro atoms. The molecular formula is C24H23N2O3+. The zero-order valence-electron chi connectivity index (χ0n) is 16.5. The van der Waals surface area contributed by atoms with Crippen molar-refractivity contribution in [3.05, 3.63) is 94.0 Å². The number of phenols is 1. The first kappa shape index (κ1) is 18.7. The van der Waals surface area contributed by atoms with Crippen LogP contribution in [0.2, 0.25) is 0 Å². The van der Waals surface area contributed by atoms with Crippen LogP contribution in [0.3, 0.4) is 0 Å². The lowest BCUT2D eigenvalue weighted by atomic mass is 10.1. The Morgan fingerprint density at radius 2 is 1.69 bits per heavy atom. The number of nitrogens with zero attached hydrogens (tertiary/aromatic N) is 2. The van der Waals surface area contributed by atoms with Crippen LogP contribution in [0.5, 0.6) is 11.5 Å². The number of hydrogen-bond acceptors (Lipinski definition) is 4. The molecule has 5 nitrogen and oxygen atoms in total. The summed E-state index contributed by atoms with van der Waals surface area (Å²) in [5.41, 5.74) is 5.75. The van der Waals surface area contributed by atoms with Crippen LogP contribution in [0.15, 0.2) is 65.7 Å². The number of hydrogen-bond donors (Lipinski definition) is 1. The summed E-state index contributed by atoms with van der Waals surface area (Å²) in [5.74, 6) is 1.02. The smallest absolute Gasteiger partial charge is 0.232 e. The van der Waals surface area contributed by atoms with Gasteiger partial charge in [-0.15, -0.1) is 0 Å². The number of hydroxylamine groups is 1. The highest BCUT2D eigenvalue weighted by Gasteiger charge is 2.22. The first-order chi connectivity index (χ1) is 14.1. The Morgan fingerprint density at radius 1 is 0.931 bits per heavy atom. The molecule has 0 radical (unpaired) electrons. The summed E-state index contributed by atoms with van der Waals surface area (Å²) >= 11 is 0. The lowest BCUT2D eigenvalue weighted by Gasteiger charge is -2.12. The Bertz CT molecular complexity index is 1100. The minimum absolute atomic E-state index is 0.270. The van der Waals surface area contributed by atoms with Crippen LogP contribution in [-0.2, 0) is 18.1 Å². The maximum absolute atomic E-state index is 10.1. The fourth-order valence-electron chi connectivity index (χ4n) is 3.29. The van der Waals surface area contributed by atoms with Gasteiger partial charge in [0, 0.05) is 22.1 Å². The van der Waals surface area contributed by atoms with E-state index in [4.69, 9.17) is 9.88 Å². The van der Waals surface area contributed by atoms with Gasteiger partial charge in [-0.3, -0.25) is 4.99 Å². The van der Waals surface area contributed by atoms with Crippen molar-refractivity contribution >= 4 is 12.4 Å². The summed E-state index contributed by atoms with van der Waals surface area (Å²) in [4.78, 5) is 15.5. The van der Waals surface area contributed by atoms with Crippen LogP contribution in [0, 0.1) is 13.8 Å². The van der Waals surface area contributed by atoms with Gasteiger partial charge in [-0.1, -0.05) is 48.5 Å². The molecule has 0 unspecified atom stereocenters. The van der Waals surface area contributed by atoms with Crippen LogP contribution in [0.4, 0.5) is 0 Å². The first-order valence-electron chi connectivity index (χ1n) is 9.53. The van der Waals surface area contributed by atoms with Gasteiger partial charge in [0.25, 0.3) is 0 Å². The van der Waals surface area contributed by atoms with Crippen molar-refractivity contribution < 1.29 is 19.7 Å². The van der Waals surface area contributed by atoms with E-state index < -0.39 is 0 Å². The second kappa shape index (κ2) is 8.19. The van der Waals surface area contributed by atoms with Gasteiger partial charge < -0.3 is 5.11 Å². The van der Waals surface area contributed by atoms with Crippen LogP contribution in [-0.4, -0.2) is 22.3 Å². The van der Waals surface area contributed by atoms with E-state index in [1.807, 2.05) is 74.7 Å². The quantitative estimate of drug-likeness (QED) is 0.398. The van der Waals surface area contributed by atoms with E-state index in [0.717, 1.165) is 39.1 Å². The van der Waals surface area contributed by atoms with Gasteiger partial charge in [0.2, 0.25) is 18.5 Å². The molecule has 0 atom stereocenters. The van der Waals surface area contributed by atoms with E-state index in [-0.39, 0.29) is 5.75 Å². The molecule has 0 amide bonds. The average molecular weight is 387 g/mol. The second-order valence-electron chi connectivity index (χ2n) is 7.11. The van der Waals surface area contributed by atoms with Crippen molar-refractivity contribution in [3.63, 3.8) is 0 Å². The van der Waals surface area contributed by atoms with Crippen molar-refractivity contribution in [1.82, 2.24) is 0 Å². The summed E-state index contributed by atoms with van der Waals surface area (Å²) in [6, 6.07) is 19.7. The fraction of sp³-hybridized carbons (Fsp3) is 0.167. The minimum atomic E-state index is 0.270. The maximum atomic E-state index is 10.1. The van der Waals surface area contributed by atoms with Gasteiger partial charge in [0.1, 0.15) is 5.75 Å². The fourth-order valence-corrected chi connectivity index (χ4v) is 3.29. The summed E-state index contributed by atoms with van der Waals surface area (Å²) in [6.07, 6.45) is 3.65. The number of benzene rings is 3. The van der Waals surface area contributed by atoms with Gasteiger partial charge in [-0.25, -0.2) is 4.89 Å². The predicted molar refractivity (Wildman–Crippen MR) is 113 cm³/mol. The molecule has 0 saturated heterocycles. The summed E-state index contributed by atoms with van der Waals surface area (Å²) < 4.78 is 1.68. The number of phenolic OH excluding ortho intramolecular Hbond substituents is 1. The molecule has 4 rings (SSSR count). The summed E-state index contributed by atoms with van der Waals surface area (Å²) in [5, 5.41) is 10.1. The zero-order chi connectivity index (χ0) is 20.2. The third-order valence-corrected chi connectivity index (χ3v) is 4.95. The number of aromatic hydroxyl groups is 1. The van der Waals surface area contributed by atoms with Crippen molar-refractivity contribution in [2.24, 2.45) is 4.99 Å². The third-order valence-electron chi connectivity index (χ3n) is 4.95. The predicted octanol–water partition coefficient (Wildman–Crippen LogP) is 4.50. The zero-order valence-corrected chi connectivity index (χ0v) is 16.5. The van der Waals surface area contributed by atoms with Crippen molar-refractivity contribution in [3.8, 4) is 11.5 Å². The number of aliphatic imine (C=N–C) groups is 1. The average Bonchev–Trinajstić information content (AvgIpc) is 2.72. The SMILES string of the molecule is Cc1cccc(C=NCc2ccccc2C[N+]2=Cc3cccc(C)c3OO2)c1O. The van der Waals surface area contributed by atoms with Gasteiger partial charge in [-0.2, -0.15) is 0 Å². The summed E-state index contributed by atoms with van der Waals surface area (Å²) in [7, 11) is 0. The lowest BCUT2D eigenvalue weighted by molar-refractivity contribution is -0.867. The van der Waals surface area contributed by atoms with E-state index in [1.165, 1.54) is 0 Å². The first-order valence-corrected chi connectivity index (χ1v) is 9.53. The van der Waals surface area contributed by atoms with Crippen molar-refractivity contribution in [2.75, 3.05) is 0 Å². The third kappa shape index (κ3) is 4.14. The number of fused-ring (bicyclic) bond motifs is 1. The maximum Gasteiger partial charge on any atom is 0.232 e. The van der Waals surface area contributed by atoms with Crippen LogP contribution >= 0.6 is 0 Å². The highest BCUT2D eigenvalue weighted by Crippen LogP contribution is 2.25. The van der Waals surface area contributed by atoms with Gasteiger partial charge in [0.15, 0.2) is 0 Å². The Labute approximate surface area is 170 Å². The molecule has 0 fully saturated rings. The normalized spacial score (nSPS) is 12.8. The van der Waals surface area contributed by atoms with E-state index in [0.29, 0.717) is 13.1 Å². The van der Waals surface area contributed by atoms with Gasteiger partial charge >= 0.3 is 0 Å². The van der Waals surface area contributed by atoms with E-state index in [9.17, 15) is 5.11 Å². The molecule has 5 heteroatoms. The Hall–Kier alpha value is -3.60. The summed E-state index contributed by atoms with van der Waals surface area (Å²) in [6.45, 7) is 4.91. The molecule has 1 N–H and O–H groups in total. The molecule has 3 aromatic rings. The monoisotopic (exact) mass is 387 g/mol.